The predicted octanol–water partition coefficient (Wildman–Crippen LogP) is 1.59. The van der Waals surface area contributed by atoms with Gasteiger partial charge in [-0.2, -0.15) is 17.0 Å². The van der Waals surface area contributed by atoms with Gasteiger partial charge in [0, 0.05) is 38.8 Å². The van der Waals surface area contributed by atoms with Gasteiger partial charge in [0.05, 0.1) is 24.1 Å². The molecular weight excluding hydrogens is 370 g/mol. The molecule has 0 spiro atoms. The molecule has 1 aromatic heterocycles. The Morgan fingerprint density at radius 3 is 2.59 bits per heavy atom. The van der Waals surface area contributed by atoms with E-state index in [1.54, 1.807) is 24.3 Å². The number of aromatic nitrogens is 1. The lowest BCUT2D eigenvalue weighted by Gasteiger charge is -2.32. The summed E-state index contributed by atoms with van der Waals surface area (Å²) in [5, 5.41) is 0.631. The molecule has 27 heavy (non-hydrogen) atoms. The molecule has 0 saturated carbocycles. The average Bonchev–Trinajstić information content (AvgIpc) is 3.06. The van der Waals surface area contributed by atoms with Crippen LogP contribution in [0.2, 0.25) is 0 Å². The van der Waals surface area contributed by atoms with E-state index >= 15 is 0 Å². The topological polar surface area (TPSA) is 88.9 Å². The lowest BCUT2D eigenvalue weighted by Crippen LogP contribution is -2.47. The van der Waals surface area contributed by atoms with E-state index in [4.69, 9.17) is 4.74 Å². The van der Waals surface area contributed by atoms with Gasteiger partial charge in [0.1, 0.15) is 0 Å². The molecule has 9 heteroatoms. The Balaban J connectivity index is 1.95. The number of carbonyl (C=O) groups is 2. The van der Waals surface area contributed by atoms with Gasteiger partial charge in [-0.1, -0.05) is 18.2 Å². The molecule has 1 saturated heterocycles. The number of fused-ring (bicyclic) bond motifs is 1. The van der Waals surface area contributed by atoms with E-state index in [9.17, 15) is 18.0 Å². The molecule has 2 aromatic rings. The fourth-order valence-electron chi connectivity index (χ4n) is 3.42. The van der Waals surface area contributed by atoms with Crippen molar-refractivity contribution in [2.45, 2.75) is 12.8 Å². The summed E-state index contributed by atoms with van der Waals surface area (Å²) in [5.74, 6) is -1.21. The smallest absolute Gasteiger partial charge is 0.340 e. The Labute approximate surface area is 158 Å². The third-order valence-electron chi connectivity index (χ3n) is 4.88. The second-order valence-electron chi connectivity index (χ2n) is 6.75. The van der Waals surface area contributed by atoms with E-state index < -0.39 is 22.1 Å². The van der Waals surface area contributed by atoms with E-state index in [1.807, 2.05) is 0 Å². The number of nitrogens with zero attached hydrogens (tertiary/aromatic N) is 3. The van der Waals surface area contributed by atoms with E-state index in [2.05, 4.69) is 0 Å². The summed E-state index contributed by atoms with van der Waals surface area (Å²) >= 11 is 0. The summed E-state index contributed by atoms with van der Waals surface area (Å²) in [6.45, 7) is 0.517. The van der Waals surface area contributed by atoms with Gasteiger partial charge in [-0.25, -0.2) is 4.79 Å². The lowest BCUT2D eigenvalue weighted by atomic mass is 9.98. The Hall–Kier alpha value is -2.23. The zero-order chi connectivity index (χ0) is 19.8. The molecule has 1 atom stereocenters. The van der Waals surface area contributed by atoms with Crippen molar-refractivity contribution in [2.75, 3.05) is 34.3 Å². The van der Waals surface area contributed by atoms with Crippen molar-refractivity contribution in [3.8, 4) is 0 Å². The molecule has 0 aliphatic carbocycles. The van der Waals surface area contributed by atoms with Crippen LogP contribution in [0.5, 0.6) is 0 Å². The summed E-state index contributed by atoms with van der Waals surface area (Å²) < 4.78 is 33.6. The molecule has 1 aliphatic heterocycles. The number of methoxy groups -OCH3 is 1. The van der Waals surface area contributed by atoms with Crippen LogP contribution >= 0.6 is 0 Å². The molecule has 2 heterocycles. The molecular formula is C18H23N3O5S. The van der Waals surface area contributed by atoms with Crippen LogP contribution in [-0.2, 0) is 14.9 Å². The number of benzene rings is 1. The van der Waals surface area contributed by atoms with Crippen molar-refractivity contribution in [3.05, 3.63) is 36.0 Å². The third-order valence-corrected chi connectivity index (χ3v) is 6.78. The van der Waals surface area contributed by atoms with E-state index in [0.29, 0.717) is 35.9 Å². The van der Waals surface area contributed by atoms with Gasteiger partial charge < -0.3 is 4.74 Å². The summed E-state index contributed by atoms with van der Waals surface area (Å²) in [6, 6.07) is 7.10. The van der Waals surface area contributed by atoms with Crippen LogP contribution in [0.4, 0.5) is 0 Å². The van der Waals surface area contributed by atoms with Crippen LogP contribution in [0.15, 0.2) is 30.5 Å². The maximum Gasteiger partial charge on any atom is 0.340 e. The molecule has 1 fully saturated rings. The zero-order valence-electron chi connectivity index (χ0n) is 15.6. The van der Waals surface area contributed by atoms with Crippen molar-refractivity contribution in [1.29, 1.82) is 0 Å². The van der Waals surface area contributed by atoms with Gasteiger partial charge in [0.15, 0.2) is 0 Å². The molecule has 0 amide bonds. The predicted molar refractivity (Wildman–Crippen MR) is 101 cm³/mol. The summed E-state index contributed by atoms with van der Waals surface area (Å²) in [4.78, 5) is 25.2. The van der Waals surface area contributed by atoms with Crippen LogP contribution < -0.4 is 0 Å². The highest BCUT2D eigenvalue weighted by Crippen LogP contribution is 2.27. The van der Waals surface area contributed by atoms with Crippen molar-refractivity contribution in [2.24, 2.45) is 5.92 Å². The van der Waals surface area contributed by atoms with Crippen LogP contribution in [0.25, 0.3) is 10.9 Å². The van der Waals surface area contributed by atoms with Crippen LogP contribution in [0.1, 0.15) is 28.0 Å². The first-order valence-corrected chi connectivity index (χ1v) is 10.1. The number of esters is 1. The minimum absolute atomic E-state index is 0.124. The Bertz CT molecular complexity index is 980. The number of piperidine rings is 1. The molecule has 1 aliphatic rings. The van der Waals surface area contributed by atoms with Gasteiger partial charge in [0.2, 0.25) is 5.91 Å². The monoisotopic (exact) mass is 393 g/mol. The number of hydrogen-bond acceptors (Lipinski definition) is 5. The van der Waals surface area contributed by atoms with Crippen molar-refractivity contribution in [1.82, 2.24) is 13.2 Å². The highest BCUT2D eigenvalue weighted by molar-refractivity contribution is 7.86. The van der Waals surface area contributed by atoms with Gasteiger partial charge in [-0.05, 0) is 18.9 Å². The summed E-state index contributed by atoms with van der Waals surface area (Å²) in [7, 11) is 0.671. The SMILES string of the molecule is COC(=O)c1cn(C(=O)[C@H]2CCCN(S(=O)(=O)N(C)C)C2)c2ccccc12. The Kier molecular flexibility index (Phi) is 5.36. The molecule has 1 aromatic carbocycles. The van der Waals surface area contributed by atoms with Gasteiger partial charge >= 0.3 is 5.97 Å². The molecule has 3 rings (SSSR count). The van der Waals surface area contributed by atoms with Crippen molar-refractivity contribution < 1.29 is 22.7 Å². The van der Waals surface area contributed by atoms with Crippen LogP contribution in [0.3, 0.4) is 0 Å². The number of hydrogen-bond donors (Lipinski definition) is 0. The Morgan fingerprint density at radius 2 is 1.93 bits per heavy atom. The second-order valence-corrected chi connectivity index (χ2v) is 8.89. The second kappa shape index (κ2) is 7.41. The normalized spacial score (nSPS) is 18.7. The largest absolute Gasteiger partial charge is 0.465 e. The maximum absolute atomic E-state index is 13.2. The number of ether oxygens (including phenoxy) is 1. The number of rotatable bonds is 4. The molecule has 0 N–H and O–H groups in total. The Morgan fingerprint density at radius 1 is 1.22 bits per heavy atom. The van der Waals surface area contributed by atoms with Gasteiger partial charge in [-0.3, -0.25) is 9.36 Å². The minimum atomic E-state index is -3.57. The highest BCUT2D eigenvalue weighted by Gasteiger charge is 2.34. The third kappa shape index (κ3) is 3.50. The zero-order valence-corrected chi connectivity index (χ0v) is 16.4. The first-order chi connectivity index (χ1) is 12.8. The number of para-hydroxylation sites is 1. The first kappa shape index (κ1) is 19.5. The molecule has 0 radical (unpaired) electrons. The molecule has 146 valence electrons. The first-order valence-electron chi connectivity index (χ1n) is 8.67. The van der Waals surface area contributed by atoms with Gasteiger partial charge in [0.25, 0.3) is 10.2 Å². The standard InChI is InChI=1S/C18H23N3O5S/c1-19(2)27(24,25)20-10-6-7-13(11-20)17(22)21-12-15(18(23)26-3)14-8-4-5-9-16(14)21/h4-5,8-9,12-13H,6-7,10-11H2,1-3H3/t13-/m0/s1. The summed E-state index contributed by atoms with van der Waals surface area (Å²) in [5.41, 5.74) is 0.922. The summed E-state index contributed by atoms with van der Waals surface area (Å²) in [6.07, 6.45) is 2.68. The van der Waals surface area contributed by atoms with Crippen molar-refractivity contribution >= 4 is 33.0 Å². The molecule has 0 bridgehead atoms. The van der Waals surface area contributed by atoms with E-state index in [-0.39, 0.29) is 12.5 Å². The molecule has 8 nitrogen and oxygen atoms in total. The fraction of sp³-hybridized carbons (Fsp3) is 0.444. The highest BCUT2D eigenvalue weighted by atomic mass is 32.2. The number of carbonyl (C=O) groups excluding carboxylic acids is 2. The quantitative estimate of drug-likeness (QED) is 0.736. The van der Waals surface area contributed by atoms with Gasteiger partial charge in [-0.15, -0.1) is 0 Å². The average molecular weight is 393 g/mol. The van der Waals surface area contributed by atoms with E-state index in [0.717, 1.165) is 4.31 Å². The maximum atomic E-state index is 13.2. The molecule has 0 unspecified atom stereocenters. The van der Waals surface area contributed by atoms with Crippen molar-refractivity contribution in [3.63, 3.8) is 0 Å². The lowest BCUT2D eigenvalue weighted by molar-refractivity contribution is 0.0603. The minimum Gasteiger partial charge on any atom is -0.465 e. The fourth-order valence-corrected chi connectivity index (χ4v) is 4.61. The van der Waals surface area contributed by atoms with Crippen LogP contribution in [-0.4, -0.2) is 67.8 Å². The van der Waals surface area contributed by atoms with E-state index in [1.165, 1.54) is 36.3 Å². The van der Waals surface area contributed by atoms with Crippen LogP contribution in [0, 0.1) is 5.92 Å².